The highest BCUT2D eigenvalue weighted by Crippen LogP contribution is 2.25. The smallest absolute Gasteiger partial charge is 0.108 e. The highest BCUT2D eigenvalue weighted by Gasteiger charge is 2.13. The van der Waals surface area contributed by atoms with Crippen molar-refractivity contribution in [3.05, 3.63) is 71.8 Å². The second-order valence-electron chi connectivity index (χ2n) is 4.50. The zero-order chi connectivity index (χ0) is 13.3. The van der Waals surface area contributed by atoms with Crippen LogP contribution in [0.25, 0.3) is 0 Å². The molecule has 0 fully saturated rings. The summed E-state index contributed by atoms with van der Waals surface area (Å²) in [7, 11) is 0. The van der Waals surface area contributed by atoms with Crippen LogP contribution in [0.1, 0.15) is 30.1 Å². The number of unbranched alkanes of at least 4 members (excludes halogenated alkanes) is 1. The maximum atomic E-state index is 8.81. The fraction of sp³-hybridized carbons (Fsp3) is 0.294. The van der Waals surface area contributed by atoms with E-state index in [1.54, 1.807) is 0 Å². The molecule has 0 saturated carbocycles. The van der Waals surface area contributed by atoms with Crippen molar-refractivity contribution in [1.29, 1.82) is 0 Å². The molecule has 0 unspecified atom stereocenters. The Bertz CT molecular complexity index is 414. The number of benzene rings is 2. The molecule has 0 spiro atoms. The van der Waals surface area contributed by atoms with Gasteiger partial charge in [0.1, 0.15) is 6.10 Å². The van der Waals surface area contributed by atoms with E-state index in [1.165, 1.54) is 0 Å². The molecule has 0 bridgehead atoms. The first-order valence-corrected chi connectivity index (χ1v) is 6.74. The molecule has 0 radical (unpaired) electrons. The zero-order valence-electron chi connectivity index (χ0n) is 11.0. The van der Waals surface area contributed by atoms with Crippen LogP contribution in [-0.2, 0) is 4.74 Å². The van der Waals surface area contributed by atoms with Crippen molar-refractivity contribution < 1.29 is 9.84 Å². The third-order valence-electron chi connectivity index (χ3n) is 3.04. The Hall–Kier alpha value is -1.64. The van der Waals surface area contributed by atoms with E-state index in [1.807, 2.05) is 36.4 Å². The van der Waals surface area contributed by atoms with Gasteiger partial charge in [0.25, 0.3) is 0 Å². The molecule has 2 rings (SSSR count). The first-order valence-electron chi connectivity index (χ1n) is 6.74. The van der Waals surface area contributed by atoms with Gasteiger partial charge in [0, 0.05) is 13.2 Å². The van der Waals surface area contributed by atoms with Crippen molar-refractivity contribution >= 4 is 0 Å². The quantitative estimate of drug-likeness (QED) is 0.767. The minimum Gasteiger partial charge on any atom is -0.396 e. The normalized spacial score (nSPS) is 10.8. The lowest BCUT2D eigenvalue weighted by Crippen LogP contribution is -2.07. The van der Waals surface area contributed by atoms with Crippen molar-refractivity contribution in [3.63, 3.8) is 0 Å². The van der Waals surface area contributed by atoms with Gasteiger partial charge in [0.2, 0.25) is 0 Å². The predicted molar refractivity (Wildman–Crippen MR) is 77.0 cm³/mol. The summed E-state index contributed by atoms with van der Waals surface area (Å²) < 4.78 is 6.01. The summed E-state index contributed by atoms with van der Waals surface area (Å²) in [6, 6.07) is 20.5. The van der Waals surface area contributed by atoms with Crippen molar-refractivity contribution in [3.8, 4) is 0 Å². The monoisotopic (exact) mass is 256 g/mol. The lowest BCUT2D eigenvalue weighted by atomic mass is 10.0. The number of aliphatic hydroxyl groups excluding tert-OH is 1. The Kier molecular flexibility index (Phi) is 5.60. The minimum atomic E-state index is -0.0268. The van der Waals surface area contributed by atoms with Crippen LogP contribution < -0.4 is 0 Å². The number of hydrogen-bond acceptors (Lipinski definition) is 2. The van der Waals surface area contributed by atoms with E-state index in [2.05, 4.69) is 24.3 Å². The maximum Gasteiger partial charge on any atom is 0.108 e. The van der Waals surface area contributed by atoms with Crippen LogP contribution in [0.2, 0.25) is 0 Å². The van der Waals surface area contributed by atoms with E-state index < -0.39 is 0 Å². The molecule has 0 heterocycles. The van der Waals surface area contributed by atoms with Gasteiger partial charge < -0.3 is 9.84 Å². The van der Waals surface area contributed by atoms with Crippen LogP contribution in [0.3, 0.4) is 0 Å². The third-order valence-corrected chi connectivity index (χ3v) is 3.04. The standard InChI is InChI=1S/C17H20O2/c18-13-7-8-14-19-17(15-9-3-1-4-10-15)16-11-5-2-6-12-16/h1-6,9-12,17-18H,7-8,13-14H2. The Labute approximate surface area is 114 Å². The van der Waals surface area contributed by atoms with Crippen LogP contribution in [0.4, 0.5) is 0 Å². The fourth-order valence-corrected chi connectivity index (χ4v) is 2.06. The maximum absolute atomic E-state index is 8.81. The minimum absolute atomic E-state index is 0.0268. The Morgan fingerprint density at radius 2 is 1.32 bits per heavy atom. The number of ether oxygens (including phenoxy) is 1. The summed E-state index contributed by atoms with van der Waals surface area (Å²) in [6.07, 6.45) is 1.64. The van der Waals surface area contributed by atoms with Gasteiger partial charge in [-0.05, 0) is 24.0 Å². The van der Waals surface area contributed by atoms with Crippen molar-refractivity contribution in [1.82, 2.24) is 0 Å². The van der Waals surface area contributed by atoms with Crippen LogP contribution >= 0.6 is 0 Å². The van der Waals surface area contributed by atoms with Crippen molar-refractivity contribution in [2.45, 2.75) is 18.9 Å². The first-order chi connectivity index (χ1) is 9.42. The Morgan fingerprint density at radius 3 is 1.79 bits per heavy atom. The summed E-state index contributed by atoms with van der Waals surface area (Å²) in [5.41, 5.74) is 2.33. The molecule has 1 N–H and O–H groups in total. The van der Waals surface area contributed by atoms with Crippen molar-refractivity contribution in [2.75, 3.05) is 13.2 Å². The highest BCUT2D eigenvalue weighted by atomic mass is 16.5. The number of hydrogen-bond donors (Lipinski definition) is 1. The molecule has 2 aromatic carbocycles. The Morgan fingerprint density at radius 1 is 0.789 bits per heavy atom. The highest BCUT2D eigenvalue weighted by molar-refractivity contribution is 5.29. The van der Waals surface area contributed by atoms with Gasteiger partial charge in [-0.15, -0.1) is 0 Å². The van der Waals surface area contributed by atoms with E-state index >= 15 is 0 Å². The van der Waals surface area contributed by atoms with Gasteiger partial charge in [-0.25, -0.2) is 0 Å². The van der Waals surface area contributed by atoms with Gasteiger partial charge in [-0.3, -0.25) is 0 Å². The molecule has 0 aliphatic rings. The van der Waals surface area contributed by atoms with Gasteiger partial charge >= 0.3 is 0 Å². The lowest BCUT2D eigenvalue weighted by molar-refractivity contribution is 0.0742. The summed E-state index contributed by atoms with van der Waals surface area (Å²) in [4.78, 5) is 0. The van der Waals surface area contributed by atoms with Gasteiger partial charge in [0.15, 0.2) is 0 Å². The topological polar surface area (TPSA) is 29.5 Å². The van der Waals surface area contributed by atoms with Crippen molar-refractivity contribution in [2.24, 2.45) is 0 Å². The largest absolute Gasteiger partial charge is 0.396 e. The molecule has 0 atom stereocenters. The molecular weight excluding hydrogens is 236 g/mol. The third kappa shape index (κ3) is 4.19. The molecule has 100 valence electrons. The van der Waals surface area contributed by atoms with Crippen LogP contribution in [-0.4, -0.2) is 18.3 Å². The van der Waals surface area contributed by atoms with Crippen LogP contribution in [0, 0.1) is 0 Å². The molecule has 0 aliphatic heterocycles. The summed E-state index contributed by atoms with van der Waals surface area (Å²) in [5.74, 6) is 0. The van der Waals surface area contributed by atoms with Crippen LogP contribution in [0.5, 0.6) is 0 Å². The molecular formula is C17H20O2. The average Bonchev–Trinajstić information content (AvgIpc) is 2.49. The average molecular weight is 256 g/mol. The molecule has 19 heavy (non-hydrogen) atoms. The van der Waals surface area contributed by atoms with Crippen LogP contribution in [0.15, 0.2) is 60.7 Å². The van der Waals surface area contributed by atoms with E-state index in [9.17, 15) is 0 Å². The van der Waals surface area contributed by atoms with E-state index in [0.717, 1.165) is 24.0 Å². The lowest BCUT2D eigenvalue weighted by Gasteiger charge is -2.19. The number of aliphatic hydroxyl groups is 1. The molecule has 2 aromatic rings. The zero-order valence-corrected chi connectivity index (χ0v) is 11.0. The summed E-state index contributed by atoms with van der Waals surface area (Å²) in [5, 5.41) is 8.81. The van der Waals surface area contributed by atoms with Gasteiger partial charge in [-0.1, -0.05) is 60.7 Å². The summed E-state index contributed by atoms with van der Waals surface area (Å²) in [6.45, 7) is 0.889. The molecule has 0 saturated heterocycles. The van der Waals surface area contributed by atoms with Gasteiger partial charge in [0.05, 0.1) is 0 Å². The Balaban J connectivity index is 2.10. The molecule has 0 aromatic heterocycles. The second kappa shape index (κ2) is 7.72. The molecule has 2 heteroatoms. The summed E-state index contributed by atoms with van der Waals surface area (Å²) >= 11 is 0. The molecule has 0 amide bonds. The van der Waals surface area contributed by atoms with E-state index in [0.29, 0.717) is 6.61 Å². The van der Waals surface area contributed by atoms with Gasteiger partial charge in [-0.2, -0.15) is 0 Å². The number of rotatable bonds is 7. The van der Waals surface area contributed by atoms with E-state index in [-0.39, 0.29) is 12.7 Å². The second-order valence-corrected chi connectivity index (χ2v) is 4.50. The molecule has 2 nitrogen and oxygen atoms in total. The fourth-order valence-electron chi connectivity index (χ4n) is 2.06. The predicted octanol–water partition coefficient (Wildman–Crippen LogP) is 3.57. The molecule has 0 aliphatic carbocycles. The first kappa shape index (κ1) is 13.8. The SMILES string of the molecule is OCCCCOC(c1ccccc1)c1ccccc1. The van der Waals surface area contributed by atoms with E-state index in [4.69, 9.17) is 9.84 Å².